The van der Waals surface area contributed by atoms with Gasteiger partial charge in [-0.3, -0.25) is 0 Å². The standard InChI is InChI=1S/C16H14Cl2N4O/c17-12-2-1-11-13(22-6-4-19-9-22)7-14(20-16(11)15(12)18)21-5-3-10(23)8-21/h1-2,4,6-7,9-10,23H,3,5,8H2/t10-/m0/s1. The maximum atomic E-state index is 9.79. The first-order valence-corrected chi connectivity index (χ1v) is 8.09. The van der Waals surface area contributed by atoms with Crippen LogP contribution in [0.25, 0.3) is 16.6 Å². The number of halogens is 2. The van der Waals surface area contributed by atoms with Crippen LogP contribution >= 0.6 is 23.2 Å². The molecule has 5 nitrogen and oxygen atoms in total. The van der Waals surface area contributed by atoms with E-state index in [0.29, 0.717) is 22.1 Å². The van der Waals surface area contributed by atoms with Crippen LogP contribution in [0, 0.1) is 0 Å². The van der Waals surface area contributed by atoms with Crippen molar-refractivity contribution in [1.82, 2.24) is 14.5 Å². The molecule has 0 bridgehead atoms. The Bertz CT molecular complexity index is 866. The van der Waals surface area contributed by atoms with Crippen molar-refractivity contribution in [1.29, 1.82) is 0 Å². The number of anilines is 1. The first kappa shape index (κ1) is 14.8. The van der Waals surface area contributed by atoms with Gasteiger partial charge in [0, 0.05) is 36.9 Å². The molecule has 23 heavy (non-hydrogen) atoms. The molecule has 1 aliphatic heterocycles. The highest BCUT2D eigenvalue weighted by atomic mass is 35.5. The molecule has 0 spiro atoms. The SMILES string of the molecule is O[C@H]1CCN(c2cc(-n3ccnc3)c3ccc(Cl)c(Cl)c3n2)C1. The van der Waals surface area contributed by atoms with Crippen molar-refractivity contribution in [2.24, 2.45) is 0 Å². The van der Waals surface area contributed by atoms with Gasteiger partial charge in [0.1, 0.15) is 5.82 Å². The number of aliphatic hydroxyl groups is 1. The molecule has 1 aromatic carbocycles. The van der Waals surface area contributed by atoms with E-state index in [2.05, 4.69) is 14.9 Å². The summed E-state index contributed by atoms with van der Waals surface area (Å²) in [6.07, 6.45) is 5.76. The number of benzene rings is 1. The Morgan fingerprint density at radius 3 is 2.83 bits per heavy atom. The van der Waals surface area contributed by atoms with Gasteiger partial charge in [-0.15, -0.1) is 0 Å². The van der Waals surface area contributed by atoms with Crippen LogP contribution in [0.3, 0.4) is 0 Å². The molecule has 7 heteroatoms. The van der Waals surface area contributed by atoms with Gasteiger partial charge in [0.15, 0.2) is 0 Å². The van der Waals surface area contributed by atoms with Gasteiger partial charge >= 0.3 is 0 Å². The Morgan fingerprint density at radius 2 is 2.13 bits per heavy atom. The summed E-state index contributed by atoms with van der Waals surface area (Å²) >= 11 is 12.5. The summed E-state index contributed by atoms with van der Waals surface area (Å²) < 4.78 is 1.92. The largest absolute Gasteiger partial charge is 0.391 e. The topological polar surface area (TPSA) is 54.2 Å². The van der Waals surface area contributed by atoms with Gasteiger partial charge in [0.05, 0.1) is 33.7 Å². The van der Waals surface area contributed by atoms with E-state index in [-0.39, 0.29) is 6.10 Å². The third kappa shape index (κ3) is 2.55. The molecular weight excluding hydrogens is 335 g/mol. The summed E-state index contributed by atoms with van der Waals surface area (Å²) in [7, 11) is 0. The molecule has 0 saturated carbocycles. The molecule has 1 atom stereocenters. The smallest absolute Gasteiger partial charge is 0.131 e. The lowest BCUT2D eigenvalue weighted by atomic mass is 10.1. The van der Waals surface area contributed by atoms with Crippen molar-refractivity contribution >= 4 is 39.9 Å². The highest BCUT2D eigenvalue weighted by Gasteiger charge is 2.23. The lowest BCUT2D eigenvalue weighted by molar-refractivity contribution is 0.198. The van der Waals surface area contributed by atoms with Gasteiger partial charge in [-0.25, -0.2) is 9.97 Å². The maximum absolute atomic E-state index is 9.79. The van der Waals surface area contributed by atoms with Crippen LogP contribution in [-0.2, 0) is 0 Å². The fourth-order valence-corrected chi connectivity index (χ4v) is 3.29. The summed E-state index contributed by atoms with van der Waals surface area (Å²) in [4.78, 5) is 10.9. The number of imidazole rings is 1. The fourth-order valence-electron chi connectivity index (χ4n) is 2.93. The lowest BCUT2D eigenvalue weighted by Crippen LogP contribution is -2.22. The predicted octanol–water partition coefficient (Wildman–Crippen LogP) is 3.30. The third-order valence-corrected chi connectivity index (χ3v) is 4.90. The van der Waals surface area contributed by atoms with Gasteiger partial charge in [0.2, 0.25) is 0 Å². The average molecular weight is 349 g/mol. The molecule has 2 aromatic heterocycles. The minimum absolute atomic E-state index is 0.320. The van der Waals surface area contributed by atoms with Gasteiger partial charge in [0.25, 0.3) is 0 Å². The molecule has 0 radical (unpaired) electrons. The van der Waals surface area contributed by atoms with E-state index in [1.54, 1.807) is 18.6 Å². The van der Waals surface area contributed by atoms with Crippen LogP contribution in [0.4, 0.5) is 5.82 Å². The van der Waals surface area contributed by atoms with Crippen molar-refractivity contribution in [3.63, 3.8) is 0 Å². The molecule has 0 amide bonds. The second kappa shape index (κ2) is 5.67. The summed E-state index contributed by atoms with van der Waals surface area (Å²) in [6, 6.07) is 5.67. The minimum atomic E-state index is -0.320. The number of aromatic nitrogens is 3. The molecule has 3 heterocycles. The van der Waals surface area contributed by atoms with E-state index in [0.717, 1.165) is 29.9 Å². The Balaban J connectivity index is 1.96. The van der Waals surface area contributed by atoms with E-state index in [9.17, 15) is 5.11 Å². The van der Waals surface area contributed by atoms with Crippen molar-refractivity contribution in [2.75, 3.05) is 18.0 Å². The highest BCUT2D eigenvalue weighted by Crippen LogP contribution is 2.35. The number of hydrogen-bond donors (Lipinski definition) is 1. The Labute approximate surface area is 143 Å². The fraction of sp³-hybridized carbons (Fsp3) is 0.250. The normalized spacial score (nSPS) is 18.0. The highest BCUT2D eigenvalue weighted by molar-refractivity contribution is 6.45. The zero-order valence-corrected chi connectivity index (χ0v) is 13.7. The van der Waals surface area contributed by atoms with Gasteiger partial charge in [-0.2, -0.15) is 0 Å². The van der Waals surface area contributed by atoms with Crippen LogP contribution in [-0.4, -0.2) is 38.8 Å². The van der Waals surface area contributed by atoms with Gasteiger partial charge in [-0.1, -0.05) is 23.2 Å². The number of hydrogen-bond acceptors (Lipinski definition) is 4. The molecule has 1 aliphatic rings. The summed E-state index contributed by atoms with van der Waals surface area (Å²) in [5.41, 5.74) is 1.59. The molecule has 1 N–H and O–H groups in total. The summed E-state index contributed by atoms with van der Waals surface area (Å²) in [6.45, 7) is 1.33. The Morgan fingerprint density at radius 1 is 1.26 bits per heavy atom. The number of fused-ring (bicyclic) bond motifs is 1. The molecule has 1 fully saturated rings. The monoisotopic (exact) mass is 348 g/mol. The third-order valence-electron chi connectivity index (χ3n) is 4.11. The summed E-state index contributed by atoms with van der Waals surface area (Å²) in [5.74, 6) is 0.780. The van der Waals surface area contributed by atoms with E-state index in [1.807, 2.05) is 22.9 Å². The van der Waals surface area contributed by atoms with Gasteiger partial charge in [-0.05, 0) is 18.6 Å². The number of aliphatic hydroxyl groups excluding tert-OH is 1. The van der Waals surface area contributed by atoms with Crippen molar-refractivity contribution in [2.45, 2.75) is 12.5 Å². The lowest BCUT2D eigenvalue weighted by Gasteiger charge is -2.19. The molecule has 1 saturated heterocycles. The second-order valence-corrected chi connectivity index (χ2v) is 6.40. The quantitative estimate of drug-likeness (QED) is 0.771. The van der Waals surface area contributed by atoms with Crippen molar-refractivity contribution < 1.29 is 5.11 Å². The number of rotatable bonds is 2. The van der Waals surface area contributed by atoms with E-state index in [4.69, 9.17) is 23.2 Å². The maximum Gasteiger partial charge on any atom is 0.131 e. The molecule has 3 aromatic rings. The van der Waals surface area contributed by atoms with E-state index < -0.39 is 0 Å². The zero-order valence-electron chi connectivity index (χ0n) is 12.2. The molecule has 118 valence electrons. The van der Waals surface area contributed by atoms with Crippen molar-refractivity contribution in [3.8, 4) is 5.69 Å². The first-order valence-electron chi connectivity index (χ1n) is 7.33. The first-order chi connectivity index (χ1) is 11.1. The van der Waals surface area contributed by atoms with Crippen LogP contribution in [0.1, 0.15) is 6.42 Å². The van der Waals surface area contributed by atoms with Gasteiger partial charge < -0.3 is 14.6 Å². The number of β-amino-alcohol motifs (C(OH)–C–C–N with tert-alkyl or cyclic N) is 1. The van der Waals surface area contributed by atoms with Crippen molar-refractivity contribution in [3.05, 3.63) is 47.0 Å². The zero-order chi connectivity index (χ0) is 16.0. The van der Waals surface area contributed by atoms with E-state index in [1.165, 1.54) is 0 Å². The number of pyridine rings is 1. The molecule has 0 aliphatic carbocycles. The predicted molar refractivity (Wildman–Crippen MR) is 91.7 cm³/mol. The van der Waals surface area contributed by atoms with Crippen LogP contribution in [0.5, 0.6) is 0 Å². The second-order valence-electron chi connectivity index (χ2n) is 5.62. The average Bonchev–Trinajstić information content (AvgIpc) is 3.21. The summed E-state index contributed by atoms with van der Waals surface area (Å²) in [5, 5.41) is 11.6. The van der Waals surface area contributed by atoms with Crippen LogP contribution < -0.4 is 4.90 Å². The molecule has 4 rings (SSSR count). The molecular formula is C16H14Cl2N4O. The number of nitrogens with zero attached hydrogens (tertiary/aromatic N) is 4. The van der Waals surface area contributed by atoms with Crippen LogP contribution in [0.15, 0.2) is 36.9 Å². The molecule has 0 unspecified atom stereocenters. The van der Waals surface area contributed by atoms with Crippen LogP contribution in [0.2, 0.25) is 10.0 Å². The Hall–Kier alpha value is -1.82. The Kier molecular flexibility index (Phi) is 3.64. The minimum Gasteiger partial charge on any atom is -0.391 e. The van der Waals surface area contributed by atoms with E-state index >= 15 is 0 Å².